The Balaban J connectivity index is 1.38. The Morgan fingerprint density at radius 1 is 1.15 bits per heavy atom. The van der Waals surface area contributed by atoms with Gasteiger partial charge in [0.1, 0.15) is 5.82 Å². The van der Waals surface area contributed by atoms with Crippen molar-refractivity contribution >= 4 is 11.7 Å². The summed E-state index contributed by atoms with van der Waals surface area (Å²) < 4.78 is 23.8. The SMILES string of the molecule is O=C(CN1CCC(C(=O)c2ccc(F)cc2)CC1)NCC1COCCO1. The van der Waals surface area contributed by atoms with E-state index in [1.54, 1.807) is 0 Å². The van der Waals surface area contributed by atoms with E-state index in [2.05, 4.69) is 10.2 Å². The van der Waals surface area contributed by atoms with Gasteiger partial charge in [-0.05, 0) is 50.2 Å². The molecule has 0 aromatic heterocycles. The van der Waals surface area contributed by atoms with Crippen molar-refractivity contribution in [3.63, 3.8) is 0 Å². The monoisotopic (exact) mass is 364 g/mol. The summed E-state index contributed by atoms with van der Waals surface area (Å²) in [7, 11) is 0. The van der Waals surface area contributed by atoms with Crippen LogP contribution in [0.5, 0.6) is 0 Å². The first-order chi connectivity index (χ1) is 12.6. The van der Waals surface area contributed by atoms with Crippen LogP contribution in [-0.2, 0) is 14.3 Å². The minimum atomic E-state index is -0.340. The van der Waals surface area contributed by atoms with Crippen LogP contribution >= 0.6 is 0 Å². The number of amides is 1. The van der Waals surface area contributed by atoms with Gasteiger partial charge in [0, 0.05) is 18.0 Å². The highest BCUT2D eigenvalue weighted by Gasteiger charge is 2.26. The Morgan fingerprint density at radius 3 is 2.54 bits per heavy atom. The number of piperidine rings is 1. The van der Waals surface area contributed by atoms with Crippen LogP contribution in [0.4, 0.5) is 4.39 Å². The second-order valence-electron chi connectivity index (χ2n) is 6.79. The van der Waals surface area contributed by atoms with Crippen molar-refractivity contribution < 1.29 is 23.5 Å². The molecule has 1 aromatic carbocycles. The summed E-state index contributed by atoms with van der Waals surface area (Å²) in [4.78, 5) is 26.6. The van der Waals surface area contributed by atoms with Gasteiger partial charge in [-0.15, -0.1) is 0 Å². The average molecular weight is 364 g/mol. The third kappa shape index (κ3) is 5.33. The van der Waals surface area contributed by atoms with Gasteiger partial charge in [-0.3, -0.25) is 14.5 Å². The number of rotatable bonds is 6. The third-order valence-corrected chi connectivity index (χ3v) is 4.87. The second kappa shape index (κ2) is 9.21. The van der Waals surface area contributed by atoms with Gasteiger partial charge in [0.15, 0.2) is 5.78 Å². The van der Waals surface area contributed by atoms with E-state index in [1.807, 2.05) is 0 Å². The molecule has 0 aliphatic carbocycles. The zero-order chi connectivity index (χ0) is 18.4. The fourth-order valence-electron chi connectivity index (χ4n) is 3.34. The Kier molecular flexibility index (Phi) is 6.71. The van der Waals surface area contributed by atoms with Crippen LogP contribution in [-0.4, -0.2) is 68.7 Å². The molecule has 1 aromatic rings. The molecule has 1 unspecified atom stereocenters. The number of ketones is 1. The summed E-state index contributed by atoms with van der Waals surface area (Å²) >= 11 is 0. The van der Waals surface area contributed by atoms with E-state index in [1.165, 1.54) is 24.3 Å². The lowest BCUT2D eigenvalue weighted by Crippen LogP contribution is -2.45. The predicted octanol–water partition coefficient (Wildman–Crippen LogP) is 1.25. The maximum atomic E-state index is 13.0. The number of carbonyl (C=O) groups is 2. The predicted molar refractivity (Wildman–Crippen MR) is 93.5 cm³/mol. The zero-order valence-corrected chi connectivity index (χ0v) is 14.8. The minimum Gasteiger partial charge on any atom is -0.376 e. The van der Waals surface area contributed by atoms with Gasteiger partial charge in [0.25, 0.3) is 0 Å². The number of halogens is 1. The van der Waals surface area contributed by atoms with Crippen LogP contribution in [0.2, 0.25) is 0 Å². The summed E-state index contributed by atoms with van der Waals surface area (Å²) in [6, 6.07) is 5.70. The molecular formula is C19H25FN2O4. The van der Waals surface area contributed by atoms with Crippen molar-refractivity contribution in [2.24, 2.45) is 5.92 Å². The topological polar surface area (TPSA) is 67.9 Å². The van der Waals surface area contributed by atoms with E-state index in [9.17, 15) is 14.0 Å². The van der Waals surface area contributed by atoms with Crippen LogP contribution in [0.1, 0.15) is 23.2 Å². The number of nitrogens with one attached hydrogen (secondary N) is 1. The first-order valence-electron chi connectivity index (χ1n) is 9.10. The maximum absolute atomic E-state index is 13.0. The molecule has 1 N–H and O–H groups in total. The lowest BCUT2D eigenvalue weighted by atomic mass is 9.89. The molecule has 3 rings (SSSR count). The molecule has 1 atom stereocenters. The first kappa shape index (κ1) is 18.9. The third-order valence-electron chi connectivity index (χ3n) is 4.87. The highest BCUT2D eigenvalue weighted by atomic mass is 19.1. The van der Waals surface area contributed by atoms with E-state index in [-0.39, 0.29) is 29.5 Å². The smallest absolute Gasteiger partial charge is 0.234 e. The Morgan fingerprint density at radius 2 is 1.88 bits per heavy atom. The van der Waals surface area contributed by atoms with E-state index in [0.717, 1.165) is 0 Å². The summed E-state index contributed by atoms with van der Waals surface area (Å²) in [6.07, 6.45) is 1.35. The van der Waals surface area contributed by atoms with Crippen LogP contribution < -0.4 is 5.32 Å². The molecule has 0 saturated carbocycles. The lowest BCUT2D eigenvalue weighted by molar-refractivity contribution is -0.125. The zero-order valence-electron chi connectivity index (χ0n) is 14.8. The molecule has 26 heavy (non-hydrogen) atoms. The molecule has 0 radical (unpaired) electrons. The van der Waals surface area contributed by atoms with Crippen molar-refractivity contribution in [1.29, 1.82) is 0 Å². The molecule has 2 fully saturated rings. The molecule has 2 aliphatic heterocycles. The average Bonchev–Trinajstić information content (AvgIpc) is 2.68. The fourth-order valence-corrected chi connectivity index (χ4v) is 3.34. The quantitative estimate of drug-likeness (QED) is 0.770. The van der Waals surface area contributed by atoms with E-state index < -0.39 is 0 Å². The van der Waals surface area contributed by atoms with Crippen molar-refractivity contribution in [2.75, 3.05) is 46.0 Å². The van der Waals surface area contributed by atoms with Crippen LogP contribution in [0.15, 0.2) is 24.3 Å². The van der Waals surface area contributed by atoms with E-state index >= 15 is 0 Å². The van der Waals surface area contributed by atoms with Crippen molar-refractivity contribution in [3.8, 4) is 0 Å². The maximum Gasteiger partial charge on any atom is 0.234 e. The summed E-state index contributed by atoms with van der Waals surface area (Å²) in [5, 5.41) is 2.88. The van der Waals surface area contributed by atoms with Crippen LogP contribution in [0.3, 0.4) is 0 Å². The first-order valence-corrected chi connectivity index (χ1v) is 9.10. The van der Waals surface area contributed by atoms with Gasteiger partial charge in [-0.2, -0.15) is 0 Å². The summed E-state index contributed by atoms with van der Waals surface area (Å²) in [6.45, 7) is 3.87. The number of ether oxygens (including phenoxy) is 2. The van der Waals surface area contributed by atoms with Gasteiger partial charge >= 0.3 is 0 Å². The Labute approximate surface area is 152 Å². The van der Waals surface area contributed by atoms with Gasteiger partial charge in [-0.25, -0.2) is 4.39 Å². The molecule has 7 heteroatoms. The molecule has 2 aliphatic rings. The lowest BCUT2D eigenvalue weighted by Gasteiger charge is -2.31. The number of nitrogens with zero attached hydrogens (tertiary/aromatic N) is 1. The molecular weight excluding hydrogens is 339 g/mol. The van der Waals surface area contributed by atoms with Gasteiger partial charge in [0.05, 0.1) is 32.5 Å². The molecule has 142 valence electrons. The number of hydrogen-bond acceptors (Lipinski definition) is 5. The van der Waals surface area contributed by atoms with Crippen molar-refractivity contribution in [2.45, 2.75) is 18.9 Å². The molecule has 1 amide bonds. The Bertz CT molecular complexity index is 608. The minimum absolute atomic E-state index is 0.0394. The van der Waals surface area contributed by atoms with E-state index in [4.69, 9.17) is 9.47 Å². The fraction of sp³-hybridized carbons (Fsp3) is 0.579. The Hall–Kier alpha value is -1.83. The van der Waals surface area contributed by atoms with Gasteiger partial charge < -0.3 is 14.8 Å². The number of hydrogen-bond donors (Lipinski definition) is 1. The number of likely N-dealkylation sites (tertiary alicyclic amines) is 1. The van der Waals surface area contributed by atoms with Crippen LogP contribution in [0.25, 0.3) is 0 Å². The van der Waals surface area contributed by atoms with Crippen LogP contribution in [0, 0.1) is 11.7 Å². The molecule has 0 bridgehead atoms. The second-order valence-corrected chi connectivity index (χ2v) is 6.79. The highest BCUT2D eigenvalue weighted by molar-refractivity contribution is 5.97. The number of Topliss-reactive ketones (excluding diaryl/α,β-unsaturated/α-hetero) is 1. The van der Waals surface area contributed by atoms with Gasteiger partial charge in [0.2, 0.25) is 5.91 Å². The molecule has 2 saturated heterocycles. The molecule has 2 heterocycles. The number of carbonyl (C=O) groups excluding carboxylic acids is 2. The van der Waals surface area contributed by atoms with Gasteiger partial charge in [-0.1, -0.05) is 0 Å². The standard InChI is InChI=1S/C19H25FN2O4/c20-16-3-1-14(2-4-16)19(24)15-5-7-22(8-6-15)12-18(23)21-11-17-13-25-9-10-26-17/h1-4,15,17H,5-13H2,(H,21,23). The normalized spacial score (nSPS) is 22.1. The highest BCUT2D eigenvalue weighted by Crippen LogP contribution is 2.21. The van der Waals surface area contributed by atoms with Crippen molar-refractivity contribution in [1.82, 2.24) is 10.2 Å². The molecule has 0 spiro atoms. The molecule has 6 nitrogen and oxygen atoms in total. The largest absolute Gasteiger partial charge is 0.376 e. The van der Waals surface area contributed by atoms with Crippen molar-refractivity contribution in [3.05, 3.63) is 35.6 Å². The summed E-state index contributed by atoms with van der Waals surface area (Å²) in [5.74, 6) is -0.383. The summed E-state index contributed by atoms with van der Waals surface area (Å²) in [5.41, 5.74) is 0.553. The van der Waals surface area contributed by atoms with E-state index in [0.29, 0.717) is 64.4 Å². The number of benzene rings is 1.